The summed E-state index contributed by atoms with van der Waals surface area (Å²) < 4.78 is 5.75. The van der Waals surface area contributed by atoms with Gasteiger partial charge in [-0.25, -0.2) is 0 Å². The first-order valence-electron chi connectivity index (χ1n) is 7.34. The molecule has 0 saturated heterocycles. The van der Waals surface area contributed by atoms with Crippen LogP contribution in [0.3, 0.4) is 0 Å². The molecule has 1 aromatic heterocycles. The number of aromatic nitrogens is 3. The molecule has 0 atom stereocenters. The average Bonchev–Trinajstić information content (AvgIpc) is 2.52. The summed E-state index contributed by atoms with van der Waals surface area (Å²) in [6.07, 6.45) is 6.20. The van der Waals surface area contributed by atoms with Gasteiger partial charge in [-0.15, -0.1) is 10.2 Å². The van der Waals surface area contributed by atoms with Crippen molar-refractivity contribution in [2.75, 3.05) is 6.61 Å². The number of rotatable bonds is 7. The third-order valence-corrected chi connectivity index (χ3v) is 3.42. The van der Waals surface area contributed by atoms with Crippen LogP contribution in [0.2, 0.25) is 0 Å². The fourth-order valence-electron chi connectivity index (χ4n) is 2.14. The Morgan fingerprint density at radius 1 is 1.14 bits per heavy atom. The topological polar surface area (TPSA) is 68.1 Å². The zero-order valence-corrected chi connectivity index (χ0v) is 12.5. The lowest BCUT2D eigenvalue weighted by Crippen LogP contribution is -1.99. The fourth-order valence-corrected chi connectivity index (χ4v) is 2.14. The monoisotopic (exact) mass is 287 g/mol. The molecule has 0 radical (unpaired) electrons. The van der Waals surface area contributed by atoms with Gasteiger partial charge < -0.3 is 9.84 Å². The van der Waals surface area contributed by atoms with E-state index in [0.29, 0.717) is 17.9 Å². The van der Waals surface area contributed by atoms with Crippen molar-refractivity contribution in [2.24, 2.45) is 0 Å². The Balaban J connectivity index is 2.07. The van der Waals surface area contributed by atoms with Crippen molar-refractivity contribution < 1.29 is 9.84 Å². The molecule has 5 nitrogen and oxygen atoms in total. The molecule has 0 spiro atoms. The normalized spacial score (nSPS) is 10.6. The largest absolute Gasteiger partial charge is 0.507 e. The molecule has 2 rings (SSSR count). The molecule has 0 aliphatic carbocycles. The highest BCUT2D eigenvalue weighted by atomic mass is 16.5. The second-order valence-electron chi connectivity index (χ2n) is 5.00. The van der Waals surface area contributed by atoms with E-state index in [0.717, 1.165) is 17.7 Å². The summed E-state index contributed by atoms with van der Waals surface area (Å²) in [4.78, 5) is 0. The molecule has 0 saturated carbocycles. The van der Waals surface area contributed by atoms with Crippen LogP contribution in [0.15, 0.2) is 24.4 Å². The van der Waals surface area contributed by atoms with Crippen LogP contribution in [0.25, 0.3) is 11.3 Å². The fraction of sp³-hybridized carbons (Fsp3) is 0.438. The number of hydrogen-bond acceptors (Lipinski definition) is 5. The number of aromatic hydroxyl groups is 1. The van der Waals surface area contributed by atoms with Crippen molar-refractivity contribution in [3.63, 3.8) is 0 Å². The van der Waals surface area contributed by atoms with Gasteiger partial charge in [0, 0.05) is 11.1 Å². The number of phenolic OH excluding ortho intramolecular Hbond substituents is 1. The van der Waals surface area contributed by atoms with Crippen LogP contribution < -0.4 is 4.74 Å². The lowest BCUT2D eigenvalue weighted by atomic mass is 10.1. The third-order valence-electron chi connectivity index (χ3n) is 3.42. The summed E-state index contributed by atoms with van der Waals surface area (Å²) in [6.45, 7) is 4.70. The van der Waals surface area contributed by atoms with Crippen molar-refractivity contribution in [1.29, 1.82) is 0 Å². The van der Waals surface area contributed by atoms with Crippen LogP contribution in [0.1, 0.15) is 38.2 Å². The highest BCUT2D eigenvalue weighted by Crippen LogP contribution is 2.35. The van der Waals surface area contributed by atoms with Gasteiger partial charge in [-0.1, -0.05) is 26.2 Å². The minimum atomic E-state index is 0.182. The zero-order chi connectivity index (χ0) is 15.1. The van der Waals surface area contributed by atoms with Gasteiger partial charge >= 0.3 is 0 Å². The van der Waals surface area contributed by atoms with Crippen molar-refractivity contribution in [2.45, 2.75) is 39.5 Å². The van der Waals surface area contributed by atoms with Crippen molar-refractivity contribution in [3.05, 3.63) is 30.0 Å². The predicted molar refractivity (Wildman–Crippen MR) is 81.3 cm³/mol. The molecule has 0 bridgehead atoms. The first-order valence-corrected chi connectivity index (χ1v) is 7.34. The van der Waals surface area contributed by atoms with E-state index in [1.807, 2.05) is 13.0 Å². The lowest BCUT2D eigenvalue weighted by Gasteiger charge is -2.12. The molecule has 0 aliphatic rings. The Morgan fingerprint density at radius 3 is 2.71 bits per heavy atom. The Labute approximate surface area is 125 Å². The summed E-state index contributed by atoms with van der Waals surface area (Å²) in [5, 5.41) is 21.4. The van der Waals surface area contributed by atoms with E-state index < -0.39 is 0 Å². The highest BCUT2D eigenvalue weighted by molar-refractivity contribution is 5.70. The summed E-state index contributed by atoms with van der Waals surface area (Å²) in [6, 6.07) is 5.38. The molecule has 21 heavy (non-hydrogen) atoms. The maximum absolute atomic E-state index is 10.3. The lowest BCUT2D eigenvalue weighted by molar-refractivity contribution is 0.301. The SMILES string of the molecule is CCCCCCOc1ccc(-c2ccnnn2)c(O)c1C. The van der Waals surface area contributed by atoms with Crippen molar-refractivity contribution in [1.82, 2.24) is 15.4 Å². The van der Waals surface area contributed by atoms with E-state index in [1.165, 1.54) is 19.3 Å². The number of nitrogens with zero attached hydrogens (tertiary/aromatic N) is 3. The quantitative estimate of drug-likeness (QED) is 0.789. The first kappa shape index (κ1) is 15.2. The predicted octanol–water partition coefficient (Wildman–Crippen LogP) is 3.51. The molecule has 2 aromatic rings. The molecular formula is C16H21N3O2. The number of hydrogen-bond donors (Lipinski definition) is 1. The molecule has 0 fully saturated rings. The standard InChI is InChI=1S/C16H21N3O2/c1-3-4-5-6-11-21-15-8-7-13(16(20)12(15)2)14-9-10-17-19-18-14/h7-10,20H,3-6,11H2,1-2H3. The van der Waals surface area contributed by atoms with E-state index in [-0.39, 0.29) is 5.75 Å². The zero-order valence-electron chi connectivity index (χ0n) is 12.5. The Hall–Kier alpha value is -2.17. The minimum Gasteiger partial charge on any atom is -0.507 e. The van der Waals surface area contributed by atoms with Gasteiger partial charge in [0.1, 0.15) is 17.2 Å². The van der Waals surface area contributed by atoms with Crippen LogP contribution in [0.4, 0.5) is 0 Å². The van der Waals surface area contributed by atoms with Gasteiger partial charge in [-0.3, -0.25) is 0 Å². The summed E-state index contributed by atoms with van der Waals surface area (Å²) in [5.41, 5.74) is 1.96. The second kappa shape index (κ2) is 7.57. The Kier molecular flexibility index (Phi) is 5.49. The molecule has 1 N–H and O–H groups in total. The Morgan fingerprint density at radius 2 is 2.00 bits per heavy atom. The average molecular weight is 287 g/mol. The molecule has 5 heteroatoms. The van der Waals surface area contributed by atoms with E-state index in [4.69, 9.17) is 4.74 Å². The van der Waals surface area contributed by atoms with Gasteiger partial charge in [-0.2, -0.15) is 0 Å². The van der Waals surface area contributed by atoms with Crippen molar-refractivity contribution >= 4 is 0 Å². The maximum atomic E-state index is 10.3. The van der Waals surface area contributed by atoms with Gasteiger partial charge in [0.2, 0.25) is 0 Å². The number of phenols is 1. The van der Waals surface area contributed by atoms with E-state index in [1.54, 1.807) is 18.3 Å². The smallest absolute Gasteiger partial charge is 0.131 e. The summed E-state index contributed by atoms with van der Waals surface area (Å²) in [7, 11) is 0. The van der Waals surface area contributed by atoms with E-state index in [2.05, 4.69) is 22.3 Å². The van der Waals surface area contributed by atoms with Gasteiger partial charge in [0.25, 0.3) is 0 Å². The molecule has 0 aliphatic heterocycles. The Bertz CT molecular complexity index is 573. The van der Waals surface area contributed by atoms with Crippen molar-refractivity contribution in [3.8, 4) is 22.8 Å². The van der Waals surface area contributed by atoms with Gasteiger partial charge in [0.15, 0.2) is 0 Å². The van der Waals surface area contributed by atoms with Crippen LogP contribution in [0.5, 0.6) is 11.5 Å². The molecule has 0 unspecified atom stereocenters. The number of benzene rings is 1. The third kappa shape index (κ3) is 3.90. The molecule has 112 valence electrons. The highest BCUT2D eigenvalue weighted by Gasteiger charge is 2.12. The molecule has 1 heterocycles. The first-order chi connectivity index (χ1) is 10.2. The number of unbranched alkanes of at least 4 members (excludes halogenated alkanes) is 3. The van der Waals surface area contributed by atoms with E-state index in [9.17, 15) is 5.11 Å². The van der Waals surface area contributed by atoms with Gasteiger partial charge in [0.05, 0.1) is 12.8 Å². The summed E-state index contributed by atoms with van der Waals surface area (Å²) >= 11 is 0. The van der Waals surface area contributed by atoms with Gasteiger partial charge in [-0.05, 0) is 36.8 Å². The van der Waals surface area contributed by atoms with Crippen LogP contribution in [-0.2, 0) is 0 Å². The molecule has 1 aromatic carbocycles. The van der Waals surface area contributed by atoms with Crippen LogP contribution in [-0.4, -0.2) is 27.1 Å². The molecule has 0 amide bonds. The number of ether oxygens (including phenoxy) is 1. The minimum absolute atomic E-state index is 0.182. The van der Waals surface area contributed by atoms with Crippen LogP contribution in [0, 0.1) is 6.92 Å². The molecular weight excluding hydrogens is 266 g/mol. The summed E-state index contributed by atoms with van der Waals surface area (Å²) in [5.74, 6) is 0.899. The van der Waals surface area contributed by atoms with Crippen LogP contribution >= 0.6 is 0 Å². The van der Waals surface area contributed by atoms with E-state index >= 15 is 0 Å². The second-order valence-corrected chi connectivity index (χ2v) is 5.00. The maximum Gasteiger partial charge on any atom is 0.131 e.